The Hall–Kier alpha value is -1.76. The SMILES string of the molecule is NCC(=O)Nc1cc(C(F)(F)F)ccc1N1CCCCC1. The van der Waals surface area contributed by atoms with Crippen LogP contribution in [-0.4, -0.2) is 25.5 Å². The van der Waals surface area contributed by atoms with Crippen molar-refractivity contribution in [2.75, 3.05) is 29.9 Å². The summed E-state index contributed by atoms with van der Waals surface area (Å²) in [5.74, 6) is -0.507. The number of rotatable bonds is 3. The van der Waals surface area contributed by atoms with Crippen LogP contribution < -0.4 is 16.0 Å². The molecule has 0 aliphatic carbocycles. The molecule has 3 N–H and O–H groups in total. The van der Waals surface area contributed by atoms with Gasteiger partial charge in [0.25, 0.3) is 0 Å². The van der Waals surface area contributed by atoms with Gasteiger partial charge in [0.2, 0.25) is 5.91 Å². The van der Waals surface area contributed by atoms with Gasteiger partial charge in [0.15, 0.2) is 0 Å². The van der Waals surface area contributed by atoms with Crippen LogP contribution in [0.5, 0.6) is 0 Å². The number of benzene rings is 1. The number of amides is 1. The van der Waals surface area contributed by atoms with Gasteiger partial charge in [-0.1, -0.05) is 0 Å². The largest absolute Gasteiger partial charge is 0.416 e. The zero-order chi connectivity index (χ0) is 15.5. The monoisotopic (exact) mass is 301 g/mol. The van der Waals surface area contributed by atoms with Crippen molar-refractivity contribution in [3.05, 3.63) is 23.8 Å². The van der Waals surface area contributed by atoms with Crippen molar-refractivity contribution in [1.29, 1.82) is 0 Å². The Morgan fingerprint density at radius 2 is 1.90 bits per heavy atom. The average Bonchev–Trinajstić information content (AvgIpc) is 2.47. The number of halogens is 3. The number of nitrogens with one attached hydrogen (secondary N) is 1. The van der Waals surface area contributed by atoms with Gasteiger partial charge >= 0.3 is 6.18 Å². The van der Waals surface area contributed by atoms with Gasteiger partial charge in [-0.15, -0.1) is 0 Å². The highest BCUT2D eigenvalue weighted by molar-refractivity contribution is 5.95. The molecule has 1 aromatic rings. The van der Waals surface area contributed by atoms with E-state index in [1.165, 1.54) is 6.07 Å². The van der Waals surface area contributed by atoms with Gasteiger partial charge in [-0.3, -0.25) is 4.79 Å². The Bertz CT molecular complexity index is 511. The molecule has 1 aliphatic heterocycles. The van der Waals surface area contributed by atoms with Crippen molar-refractivity contribution < 1.29 is 18.0 Å². The molecule has 0 aromatic heterocycles. The van der Waals surface area contributed by atoms with Crippen molar-refractivity contribution >= 4 is 17.3 Å². The van der Waals surface area contributed by atoms with Crippen molar-refractivity contribution in [1.82, 2.24) is 0 Å². The molecular weight excluding hydrogens is 283 g/mol. The van der Waals surface area contributed by atoms with E-state index in [1.54, 1.807) is 0 Å². The normalized spacial score (nSPS) is 15.9. The molecule has 1 heterocycles. The van der Waals surface area contributed by atoms with Gasteiger partial charge in [0.1, 0.15) is 0 Å². The number of carbonyl (C=O) groups excluding carboxylic acids is 1. The fraction of sp³-hybridized carbons (Fsp3) is 0.500. The van der Waals surface area contributed by atoms with Gasteiger partial charge in [0, 0.05) is 13.1 Å². The Balaban J connectivity index is 2.35. The van der Waals surface area contributed by atoms with Crippen molar-refractivity contribution in [2.24, 2.45) is 5.73 Å². The van der Waals surface area contributed by atoms with E-state index in [0.29, 0.717) is 5.69 Å². The number of alkyl halides is 3. The van der Waals surface area contributed by atoms with E-state index < -0.39 is 17.6 Å². The number of nitrogens with two attached hydrogens (primary N) is 1. The van der Waals surface area contributed by atoms with Crippen LogP contribution in [0.25, 0.3) is 0 Å². The smallest absolute Gasteiger partial charge is 0.370 e. The van der Waals surface area contributed by atoms with E-state index in [-0.39, 0.29) is 12.2 Å². The summed E-state index contributed by atoms with van der Waals surface area (Å²) in [7, 11) is 0. The van der Waals surface area contributed by atoms with E-state index in [1.807, 2.05) is 4.90 Å². The summed E-state index contributed by atoms with van der Waals surface area (Å²) >= 11 is 0. The fourth-order valence-corrected chi connectivity index (χ4v) is 2.42. The summed E-state index contributed by atoms with van der Waals surface area (Å²) < 4.78 is 38.4. The van der Waals surface area contributed by atoms with Crippen molar-refractivity contribution in [3.63, 3.8) is 0 Å². The molecule has 1 amide bonds. The number of piperidine rings is 1. The van der Waals surface area contributed by atoms with Crippen LogP contribution in [0.15, 0.2) is 18.2 Å². The van der Waals surface area contributed by atoms with E-state index in [9.17, 15) is 18.0 Å². The number of carbonyl (C=O) groups is 1. The molecule has 1 fully saturated rings. The topological polar surface area (TPSA) is 58.4 Å². The van der Waals surface area contributed by atoms with Crippen LogP contribution in [0.1, 0.15) is 24.8 Å². The fourth-order valence-electron chi connectivity index (χ4n) is 2.42. The molecular formula is C14H18F3N3O. The van der Waals surface area contributed by atoms with Gasteiger partial charge in [0.05, 0.1) is 23.5 Å². The molecule has 1 aromatic carbocycles. The Kier molecular flexibility index (Phi) is 4.72. The third kappa shape index (κ3) is 3.87. The lowest BCUT2D eigenvalue weighted by atomic mass is 10.1. The quantitative estimate of drug-likeness (QED) is 0.902. The maximum atomic E-state index is 12.8. The van der Waals surface area contributed by atoms with Crippen molar-refractivity contribution in [3.8, 4) is 0 Å². The maximum Gasteiger partial charge on any atom is 0.416 e. The molecule has 0 saturated carbocycles. The van der Waals surface area contributed by atoms with Crippen LogP contribution in [0.2, 0.25) is 0 Å². The number of nitrogens with zero attached hydrogens (tertiary/aromatic N) is 1. The van der Waals surface area contributed by atoms with E-state index in [0.717, 1.165) is 44.5 Å². The van der Waals surface area contributed by atoms with Gasteiger partial charge in [-0.2, -0.15) is 13.2 Å². The highest BCUT2D eigenvalue weighted by atomic mass is 19.4. The Labute approximate surface area is 121 Å². The summed E-state index contributed by atoms with van der Waals surface area (Å²) in [4.78, 5) is 13.4. The second-order valence-corrected chi connectivity index (χ2v) is 5.03. The summed E-state index contributed by atoms with van der Waals surface area (Å²) in [6, 6.07) is 3.43. The van der Waals surface area contributed by atoms with Crippen LogP contribution in [-0.2, 0) is 11.0 Å². The minimum Gasteiger partial charge on any atom is -0.370 e. The predicted octanol–water partition coefficient (Wildman–Crippen LogP) is 2.59. The lowest BCUT2D eigenvalue weighted by Gasteiger charge is -2.31. The van der Waals surface area contributed by atoms with E-state index in [4.69, 9.17) is 5.73 Å². The molecule has 0 spiro atoms. The Morgan fingerprint density at radius 3 is 2.48 bits per heavy atom. The zero-order valence-electron chi connectivity index (χ0n) is 11.5. The minimum atomic E-state index is -4.44. The molecule has 4 nitrogen and oxygen atoms in total. The summed E-state index contributed by atoms with van der Waals surface area (Å²) in [5, 5.41) is 2.46. The zero-order valence-corrected chi connectivity index (χ0v) is 11.5. The third-order valence-electron chi connectivity index (χ3n) is 3.48. The molecule has 116 valence electrons. The third-order valence-corrected chi connectivity index (χ3v) is 3.48. The molecule has 0 bridgehead atoms. The molecule has 1 saturated heterocycles. The van der Waals surface area contributed by atoms with Crippen molar-refractivity contribution in [2.45, 2.75) is 25.4 Å². The number of hydrogen-bond acceptors (Lipinski definition) is 3. The standard InChI is InChI=1S/C14H18F3N3O/c15-14(16,17)10-4-5-12(20-6-2-1-3-7-20)11(8-10)19-13(21)9-18/h4-5,8H,1-3,6-7,9,18H2,(H,19,21). The molecule has 7 heteroatoms. The lowest BCUT2D eigenvalue weighted by Crippen LogP contribution is -2.31. The van der Waals surface area contributed by atoms with E-state index in [2.05, 4.69) is 5.32 Å². The molecule has 0 unspecified atom stereocenters. The first-order valence-electron chi connectivity index (χ1n) is 6.88. The summed E-state index contributed by atoms with van der Waals surface area (Å²) in [6.45, 7) is 1.28. The van der Waals surface area contributed by atoms with Gasteiger partial charge < -0.3 is 16.0 Å². The maximum absolute atomic E-state index is 12.8. The van der Waals surface area contributed by atoms with Crippen LogP contribution in [0.4, 0.5) is 24.5 Å². The predicted molar refractivity (Wildman–Crippen MR) is 75.2 cm³/mol. The van der Waals surface area contributed by atoms with E-state index >= 15 is 0 Å². The first-order valence-corrected chi connectivity index (χ1v) is 6.88. The van der Waals surface area contributed by atoms with Crippen LogP contribution in [0.3, 0.4) is 0 Å². The second kappa shape index (κ2) is 6.34. The molecule has 2 rings (SSSR count). The molecule has 0 radical (unpaired) electrons. The number of anilines is 2. The first-order chi connectivity index (χ1) is 9.91. The van der Waals surface area contributed by atoms with Gasteiger partial charge in [-0.05, 0) is 37.5 Å². The highest BCUT2D eigenvalue weighted by Gasteiger charge is 2.31. The lowest BCUT2D eigenvalue weighted by molar-refractivity contribution is -0.137. The van der Waals surface area contributed by atoms with Gasteiger partial charge in [-0.25, -0.2) is 0 Å². The molecule has 0 atom stereocenters. The van der Waals surface area contributed by atoms with Crippen LogP contribution >= 0.6 is 0 Å². The first kappa shape index (κ1) is 15.6. The minimum absolute atomic E-state index is 0.169. The Morgan fingerprint density at radius 1 is 1.24 bits per heavy atom. The summed E-state index contributed by atoms with van der Waals surface area (Å²) in [5.41, 5.74) is 5.23. The molecule has 21 heavy (non-hydrogen) atoms. The second-order valence-electron chi connectivity index (χ2n) is 5.03. The average molecular weight is 301 g/mol. The van der Waals surface area contributed by atoms with Crippen LogP contribution in [0, 0.1) is 0 Å². The molecule has 1 aliphatic rings. The summed E-state index contributed by atoms with van der Waals surface area (Å²) in [6.07, 6.45) is -1.35. The highest BCUT2D eigenvalue weighted by Crippen LogP contribution is 2.36. The number of hydrogen-bond donors (Lipinski definition) is 2.